The number of nitrogens with zero attached hydrogens (tertiary/aromatic N) is 1. The molecule has 1 heterocycles. The van der Waals surface area contributed by atoms with Crippen LogP contribution in [0, 0.1) is 6.92 Å². The van der Waals surface area contributed by atoms with Gasteiger partial charge in [0.2, 0.25) is 0 Å². The number of pyridine rings is 1. The average molecular weight is 375 g/mol. The summed E-state index contributed by atoms with van der Waals surface area (Å²) in [5.41, 5.74) is 4.33. The first-order chi connectivity index (χ1) is 10.6. The third-order valence-electron chi connectivity index (χ3n) is 3.60. The second-order valence-electron chi connectivity index (χ2n) is 5.09. The first kappa shape index (κ1) is 15.2. The maximum atomic E-state index is 12.3. The number of carbonyl (C=O) groups is 1. The van der Waals surface area contributed by atoms with Crippen LogP contribution >= 0.6 is 27.5 Å². The number of hydrogen-bond acceptors (Lipinski definition) is 2. The van der Waals surface area contributed by atoms with Crippen molar-refractivity contribution in [2.24, 2.45) is 0 Å². The summed E-state index contributed by atoms with van der Waals surface area (Å²) in [6.07, 6.45) is 0. The Bertz CT molecular complexity index is 859. The summed E-state index contributed by atoms with van der Waals surface area (Å²) in [5, 5.41) is 1.86. The monoisotopic (exact) mass is 373 g/mol. The van der Waals surface area contributed by atoms with Crippen molar-refractivity contribution in [2.75, 3.05) is 5.33 Å². The molecule has 0 saturated heterocycles. The highest BCUT2D eigenvalue weighted by atomic mass is 79.9. The zero-order valence-corrected chi connectivity index (χ0v) is 14.3. The van der Waals surface area contributed by atoms with E-state index in [1.807, 2.05) is 55.5 Å². The van der Waals surface area contributed by atoms with Crippen LogP contribution in [0.3, 0.4) is 0 Å². The highest BCUT2D eigenvalue weighted by molar-refractivity contribution is 9.09. The van der Waals surface area contributed by atoms with Crippen molar-refractivity contribution in [3.05, 3.63) is 64.7 Å². The molecule has 1 aromatic heterocycles. The molecule has 4 heteroatoms. The maximum absolute atomic E-state index is 12.3. The van der Waals surface area contributed by atoms with E-state index in [2.05, 4.69) is 15.9 Å². The van der Waals surface area contributed by atoms with E-state index in [9.17, 15) is 4.79 Å². The zero-order valence-electron chi connectivity index (χ0n) is 11.9. The predicted octanol–water partition coefficient (Wildman–Crippen LogP) is 5.44. The molecule has 22 heavy (non-hydrogen) atoms. The van der Waals surface area contributed by atoms with E-state index in [0.29, 0.717) is 15.9 Å². The first-order valence-corrected chi connectivity index (χ1v) is 8.35. The van der Waals surface area contributed by atoms with Gasteiger partial charge in [0.25, 0.3) is 0 Å². The van der Waals surface area contributed by atoms with Crippen LogP contribution in [0.1, 0.15) is 15.9 Å². The van der Waals surface area contributed by atoms with Gasteiger partial charge in [-0.05, 0) is 30.7 Å². The zero-order chi connectivity index (χ0) is 15.7. The number of fused-ring (bicyclic) bond motifs is 1. The summed E-state index contributed by atoms with van der Waals surface area (Å²) in [5.74, 6) is 0.0493. The highest BCUT2D eigenvalue weighted by Crippen LogP contribution is 2.28. The normalized spacial score (nSPS) is 10.9. The van der Waals surface area contributed by atoms with Gasteiger partial charge in [-0.3, -0.25) is 4.79 Å². The van der Waals surface area contributed by atoms with Gasteiger partial charge in [0.1, 0.15) is 0 Å². The maximum Gasteiger partial charge on any atom is 0.174 e. The largest absolute Gasteiger partial charge is 0.293 e. The van der Waals surface area contributed by atoms with Gasteiger partial charge in [-0.1, -0.05) is 57.9 Å². The fourth-order valence-electron chi connectivity index (χ4n) is 2.46. The molecule has 2 aromatic carbocycles. The van der Waals surface area contributed by atoms with Gasteiger partial charge < -0.3 is 0 Å². The van der Waals surface area contributed by atoms with Crippen LogP contribution in [-0.2, 0) is 0 Å². The molecule has 0 unspecified atom stereocenters. The number of benzene rings is 2. The molecule has 0 amide bonds. The van der Waals surface area contributed by atoms with Crippen molar-refractivity contribution in [1.29, 1.82) is 0 Å². The summed E-state index contributed by atoms with van der Waals surface area (Å²) in [7, 11) is 0. The van der Waals surface area contributed by atoms with Gasteiger partial charge in [0, 0.05) is 21.5 Å². The van der Waals surface area contributed by atoms with Crippen LogP contribution in [-0.4, -0.2) is 16.1 Å². The molecule has 0 aliphatic carbocycles. The number of ketones is 1. The number of hydrogen-bond donors (Lipinski definition) is 0. The van der Waals surface area contributed by atoms with Crippen LogP contribution in [0.25, 0.3) is 22.2 Å². The SMILES string of the molecule is Cc1cccc2c(C(=O)CBr)cc(-c3ccc(Cl)cc3)nc12. The van der Waals surface area contributed by atoms with E-state index < -0.39 is 0 Å². The third kappa shape index (κ3) is 2.79. The van der Waals surface area contributed by atoms with Crippen LogP contribution < -0.4 is 0 Å². The minimum atomic E-state index is 0.0493. The number of aromatic nitrogens is 1. The van der Waals surface area contributed by atoms with Crippen LogP contribution in [0.4, 0.5) is 0 Å². The van der Waals surface area contributed by atoms with Crippen molar-refractivity contribution in [1.82, 2.24) is 4.98 Å². The van der Waals surface area contributed by atoms with Gasteiger partial charge in [0.15, 0.2) is 5.78 Å². The smallest absolute Gasteiger partial charge is 0.174 e. The lowest BCUT2D eigenvalue weighted by Gasteiger charge is -2.10. The lowest BCUT2D eigenvalue weighted by atomic mass is 10.00. The van der Waals surface area contributed by atoms with E-state index in [1.165, 1.54) is 0 Å². The lowest BCUT2D eigenvalue weighted by molar-refractivity contribution is 0.102. The molecule has 0 aliphatic rings. The van der Waals surface area contributed by atoms with Gasteiger partial charge in [-0.25, -0.2) is 4.98 Å². The number of alkyl halides is 1. The number of halogens is 2. The molecule has 2 nitrogen and oxygen atoms in total. The van der Waals surface area contributed by atoms with Crippen LogP contribution in [0.5, 0.6) is 0 Å². The summed E-state index contributed by atoms with van der Waals surface area (Å²) in [6, 6.07) is 15.2. The molecule has 0 radical (unpaired) electrons. The molecule has 0 saturated carbocycles. The Hall–Kier alpha value is -1.71. The van der Waals surface area contributed by atoms with Gasteiger partial charge in [-0.15, -0.1) is 0 Å². The Morgan fingerprint density at radius 3 is 2.59 bits per heavy atom. The van der Waals surface area contributed by atoms with E-state index in [-0.39, 0.29) is 5.78 Å². The van der Waals surface area contributed by atoms with Gasteiger partial charge in [-0.2, -0.15) is 0 Å². The van der Waals surface area contributed by atoms with Crippen molar-refractivity contribution < 1.29 is 4.79 Å². The molecular weight excluding hydrogens is 362 g/mol. The predicted molar refractivity (Wildman–Crippen MR) is 95.1 cm³/mol. The van der Waals surface area contributed by atoms with E-state index >= 15 is 0 Å². The van der Waals surface area contributed by atoms with Crippen LogP contribution in [0.2, 0.25) is 5.02 Å². The highest BCUT2D eigenvalue weighted by Gasteiger charge is 2.14. The Kier molecular flexibility index (Phi) is 4.27. The molecule has 0 fully saturated rings. The Morgan fingerprint density at radius 2 is 1.91 bits per heavy atom. The molecule has 0 N–H and O–H groups in total. The number of para-hydroxylation sites is 1. The average Bonchev–Trinajstić information content (AvgIpc) is 2.54. The quantitative estimate of drug-likeness (QED) is 0.451. The molecule has 0 bridgehead atoms. The molecule has 0 spiro atoms. The van der Waals surface area contributed by atoms with Crippen molar-refractivity contribution in [3.8, 4) is 11.3 Å². The molecule has 3 rings (SSSR count). The second kappa shape index (κ2) is 6.19. The van der Waals surface area contributed by atoms with E-state index in [1.54, 1.807) is 0 Å². The number of aryl methyl sites for hydroxylation is 1. The van der Waals surface area contributed by atoms with E-state index in [0.717, 1.165) is 27.7 Å². The summed E-state index contributed by atoms with van der Waals surface area (Å²) in [4.78, 5) is 17.0. The standard InChI is InChI=1S/C18H13BrClNO/c1-11-3-2-4-14-15(17(22)10-19)9-16(21-18(11)14)12-5-7-13(20)8-6-12/h2-9H,10H2,1H3. The number of rotatable bonds is 3. The molecular formula is C18H13BrClNO. The van der Waals surface area contributed by atoms with Crippen LogP contribution in [0.15, 0.2) is 48.5 Å². The van der Waals surface area contributed by atoms with Gasteiger partial charge in [0.05, 0.1) is 16.5 Å². The molecule has 3 aromatic rings. The fraction of sp³-hybridized carbons (Fsp3) is 0.111. The Morgan fingerprint density at radius 1 is 1.18 bits per heavy atom. The van der Waals surface area contributed by atoms with E-state index in [4.69, 9.17) is 16.6 Å². The first-order valence-electron chi connectivity index (χ1n) is 6.85. The Balaban J connectivity index is 2.30. The minimum Gasteiger partial charge on any atom is -0.293 e. The van der Waals surface area contributed by atoms with Crippen molar-refractivity contribution in [3.63, 3.8) is 0 Å². The van der Waals surface area contributed by atoms with Crippen molar-refractivity contribution in [2.45, 2.75) is 6.92 Å². The molecule has 0 atom stereocenters. The topological polar surface area (TPSA) is 30.0 Å². The molecule has 110 valence electrons. The third-order valence-corrected chi connectivity index (χ3v) is 4.36. The molecule has 0 aliphatic heterocycles. The lowest BCUT2D eigenvalue weighted by Crippen LogP contribution is -2.03. The van der Waals surface area contributed by atoms with Gasteiger partial charge >= 0.3 is 0 Å². The fourth-order valence-corrected chi connectivity index (χ4v) is 2.89. The minimum absolute atomic E-state index is 0.0493. The Labute approximate surface area is 142 Å². The number of Topliss-reactive ketones (excluding diaryl/α,β-unsaturated/α-hetero) is 1. The summed E-state index contributed by atoms with van der Waals surface area (Å²) >= 11 is 9.20. The number of carbonyl (C=O) groups excluding carboxylic acids is 1. The summed E-state index contributed by atoms with van der Waals surface area (Å²) < 4.78 is 0. The van der Waals surface area contributed by atoms with Crippen molar-refractivity contribution >= 4 is 44.2 Å². The summed E-state index contributed by atoms with van der Waals surface area (Å²) in [6.45, 7) is 2.00. The second-order valence-corrected chi connectivity index (χ2v) is 6.09.